The van der Waals surface area contributed by atoms with Crippen molar-refractivity contribution < 1.29 is 22.7 Å². The highest BCUT2D eigenvalue weighted by Gasteiger charge is 2.24. The number of amides is 1. The Hall–Kier alpha value is -2.58. The molecule has 0 aliphatic carbocycles. The van der Waals surface area contributed by atoms with Crippen LogP contribution in [0.15, 0.2) is 30.3 Å². The average Bonchev–Trinajstić information content (AvgIpc) is 2.61. The summed E-state index contributed by atoms with van der Waals surface area (Å²) in [5, 5.41) is 2.74. The van der Waals surface area contributed by atoms with E-state index in [-0.39, 0.29) is 22.9 Å². The molecule has 1 N–H and O–H groups in total. The van der Waals surface area contributed by atoms with E-state index in [1.54, 1.807) is 20.8 Å². The Morgan fingerprint density at radius 1 is 1.10 bits per heavy atom. The van der Waals surface area contributed by atoms with Gasteiger partial charge in [-0.15, -0.1) is 0 Å². The van der Waals surface area contributed by atoms with Gasteiger partial charge in [-0.1, -0.05) is 29.3 Å². The standard InChI is InChI=1S/C21H25ClN2O5S/c1-6-29-21(26)16-7-8-18(17(22)11-16)23-19(25)12-24(30(5,27)28)20-14(3)9-13(2)10-15(20)4/h7-11H,6,12H2,1-5H3,(H,23,25). The summed E-state index contributed by atoms with van der Waals surface area (Å²) >= 11 is 6.17. The van der Waals surface area contributed by atoms with E-state index in [2.05, 4.69) is 5.32 Å². The van der Waals surface area contributed by atoms with E-state index in [0.717, 1.165) is 27.3 Å². The van der Waals surface area contributed by atoms with E-state index in [1.165, 1.54) is 18.2 Å². The zero-order valence-corrected chi connectivity index (χ0v) is 19.1. The number of carbonyl (C=O) groups is 2. The van der Waals surface area contributed by atoms with Gasteiger partial charge in [0.05, 0.1) is 34.8 Å². The number of nitrogens with zero attached hydrogens (tertiary/aromatic N) is 1. The highest BCUT2D eigenvalue weighted by molar-refractivity contribution is 7.92. The van der Waals surface area contributed by atoms with Gasteiger partial charge in [-0.25, -0.2) is 13.2 Å². The van der Waals surface area contributed by atoms with Crippen LogP contribution < -0.4 is 9.62 Å². The van der Waals surface area contributed by atoms with Gasteiger partial charge < -0.3 is 10.1 Å². The summed E-state index contributed by atoms with van der Waals surface area (Å²) in [6.45, 7) is 7.03. The summed E-state index contributed by atoms with van der Waals surface area (Å²) < 4.78 is 30.8. The number of rotatable bonds is 7. The van der Waals surface area contributed by atoms with Crippen LogP contribution >= 0.6 is 11.6 Å². The fourth-order valence-corrected chi connectivity index (χ4v) is 4.41. The molecule has 162 valence electrons. The number of sulfonamides is 1. The summed E-state index contributed by atoms with van der Waals surface area (Å²) in [4.78, 5) is 24.4. The summed E-state index contributed by atoms with van der Waals surface area (Å²) in [5.41, 5.74) is 3.50. The summed E-state index contributed by atoms with van der Waals surface area (Å²) in [5.74, 6) is -1.09. The molecule has 2 aromatic rings. The van der Waals surface area contributed by atoms with Crippen molar-refractivity contribution in [2.45, 2.75) is 27.7 Å². The van der Waals surface area contributed by atoms with Crippen molar-refractivity contribution in [3.63, 3.8) is 0 Å². The van der Waals surface area contributed by atoms with E-state index in [0.29, 0.717) is 5.69 Å². The third kappa shape index (κ3) is 5.73. The van der Waals surface area contributed by atoms with Crippen LogP contribution in [0.4, 0.5) is 11.4 Å². The van der Waals surface area contributed by atoms with Gasteiger partial charge in [-0.05, 0) is 57.0 Å². The van der Waals surface area contributed by atoms with Crippen molar-refractivity contribution in [3.8, 4) is 0 Å². The number of aryl methyl sites for hydroxylation is 3. The number of carbonyl (C=O) groups excluding carboxylic acids is 2. The maximum absolute atomic E-state index is 12.6. The lowest BCUT2D eigenvalue weighted by atomic mass is 10.1. The lowest BCUT2D eigenvalue weighted by Gasteiger charge is -2.26. The van der Waals surface area contributed by atoms with E-state index in [1.807, 2.05) is 19.1 Å². The zero-order chi connectivity index (χ0) is 22.6. The number of nitrogens with one attached hydrogen (secondary N) is 1. The minimum atomic E-state index is -3.72. The van der Waals surface area contributed by atoms with Crippen LogP contribution in [0.25, 0.3) is 0 Å². The predicted octanol–water partition coefficient (Wildman–Crippen LogP) is 3.85. The Bertz CT molecular complexity index is 1060. The van der Waals surface area contributed by atoms with Gasteiger partial charge in [-0.2, -0.15) is 0 Å². The fourth-order valence-electron chi connectivity index (χ4n) is 3.21. The first-order valence-electron chi connectivity index (χ1n) is 9.26. The molecule has 2 rings (SSSR count). The molecule has 0 atom stereocenters. The second-order valence-corrected chi connectivity index (χ2v) is 9.29. The molecule has 7 nitrogen and oxygen atoms in total. The molecule has 0 fully saturated rings. The highest BCUT2D eigenvalue weighted by Crippen LogP contribution is 2.29. The fraction of sp³-hybridized carbons (Fsp3) is 0.333. The van der Waals surface area contributed by atoms with E-state index in [9.17, 15) is 18.0 Å². The average molecular weight is 453 g/mol. The normalized spacial score (nSPS) is 11.1. The minimum Gasteiger partial charge on any atom is -0.462 e. The molecule has 1 amide bonds. The van der Waals surface area contributed by atoms with Crippen molar-refractivity contribution in [1.82, 2.24) is 0 Å². The topological polar surface area (TPSA) is 92.8 Å². The summed E-state index contributed by atoms with van der Waals surface area (Å²) in [7, 11) is -3.72. The second-order valence-electron chi connectivity index (χ2n) is 6.98. The van der Waals surface area contributed by atoms with Gasteiger partial charge in [0.1, 0.15) is 6.54 Å². The molecule has 30 heavy (non-hydrogen) atoms. The molecule has 0 aliphatic rings. The van der Waals surface area contributed by atoms with Crippen LogP contribution in [0.1, 0.15) is 34.0 Å². The second kappa shape index (κ2) is 9.49. The lowest BCUT2D eigenvalue weighted by Crippen LogP contribution is -2.38. The number of hydrogen-bond acceptors (Lipinski definition) is 5. The van der Waals surface area contributed by atoms with Crippen LogP contribution in [0.5, 0.6) is 0 Å². The summed E-state index contributed by atoms with van der Waals surface area (Å²) in [6, 6.07) is 8.06. The SMILES string of the molecule is CCOC(=O)c1ccc(NC(=O)CN(c2c(C)cc(C)cc2C)S(C)(=O)=O)c(Cl)c1. The van der Waals surface area contributed by atoms with Crippen molar-refractivity contribution in [2.24, 2.45) is 0 Å². The minimum absolute atomic E-state index is 0.141. The molecule has 0 aliphatic heterocycles. The lowest BCUT2D eigenvalue weighted by molar-refractivity contribution is -0.114. The third-order valence-electron chi connectivity index (χ3n) is 4.33. The smallest absolute Gasteiger partial charge is 0.338 e. The molecule has 0 saturated carbocycles. The first-order chi connectivity index (χ1) is 13.9. The Labute approximate surface area is 182 Å². The quantitative estimate of drug-likeness (QED) is 0.644. The molecule has 0 heterocycles. The molecule has 0 saturated heterocycles. The Morgan fingerprint density at radius 3 is 2.20 bits per heavy atom. The Kier molecular flexibility index (Phi) is 7.49. The van der Waals surface area contributed by atoms with Crippen LogP contribution in [0.2, 0.25) is 5.02 Å². The Morgan fingerprint density at radius 2 is 1.70 bits per heavy atom. The first-order valence-corrected chi connectivity index (χ1v) is 11.5. The molecule has 0 bridgehead atoms. The van der Waals surface area contributed by atoms with Crippen molar-refractivity contribution >= 4 is 44.9 Å². The molecule has 0 unspecified atom stereocenters. The number of anilines is 2. The molecular formula is C21H25ClN2O5S. The van der Waals surface area contributed by atoms with E-state index < -0.39 is 28.4 Å². The zero-order valence-electron chi connectivity index (χ0n) is 17.6. The number of hydrogen-bond donors (Lipinski definition) is 1. The van der Waals surface area contributed by atoms with Gasteiger partial charge in [0, 0.05) is 0 Å². The van der Waals surface area contributed by atoms with Crippen molar-refractivity contribution in [3.05, 3.63) is 57.6 Å². The van der Waals surface area contributed by atoms with Gasteiger partial charge in [0.15, 0.2) is 0 Å². The first kappa shape index (κ1) is 23.7. The van der Waals surface area contributed by atoms with Gasteiger partial charge in [0.2, 0.25) is 15.9 Å². The predicted molar refractivity (Wildman–Crippen MR) is 119 cm³/mol. The third-order valence-corrected chi connectivity index (χ3v) is 5.75. The number of halogens is 1. The van der Waals surface area contributed by atoms with Gasteiger partial charge >= 0.3 is 5.97 Å². The highest BCUT2D eigenvalue weighted by atomic mass is 35.5. The maximum atomic E-state index is 12.6. The van der Waals surface area contributed by atoms with Crippen LogP contribution in [-0.2, 0) is 19.6 Å². The molecule has 0 aromatic heterocycles. The van der Waals surface area contributed by atoms with Crippen molar-refractivity contribution in [2.75, 3.05) is 29.0 Å². The van der Waals surface area contributed by atoms with Crippen LogP contribution in [0, 0.1) is 20.8 Å². The summed E-state index contributed by atoms with van der Waals surface area (Å²) in [6.07, 6.45) is 1.06. The van der Waals surface area contributed by atoms with Crippen LogP contribution in [-0.4, -0.2) is 39.7 Å². The molecule has 0 radical (unpaired) electrons. The number of esters is 1. The molecule has 2 aromatic carbocycles. The van der Waals surface area contributed by atoms with Crippen molar-refractivity contribution in [1.29, 1.82) is 0 Å². The number of ether oxygens (including phenoxy) is 1. The monoisotopic (exact) mass is 452 g/mol. The van der Waals surface area contributed by atoms with E-state index in [4.69, 9.17) is 16.3 Å². The molecule has 9 heteroatoms. The largest absolute Gasteiger partial charge is 0.462 e. The van der Waals surface area contributed by atoms with Gasteiger partial charge in [-0.3, -0.25) is 9.10 Å². The Balaban J connectivity index is 2.27. The molecular weight excluding hydrogens is 428 g/mol. The van der Waals surface area contributed by atoms with E-state index >= 15 is 0 Å². The van der Waals surface area contributed by atoms with Crippen LogP contribution in [0.3, 0.4) is 0 Å². The van der Waals surface area contributed by atoms with Gasteiger partial charge in [0.25, 0.3) is 0 Å². The maximum Gasteiger partial charge on any atom is 0.338 e. The molecule has 0 spiro atoms. The number of benzene rings is 2.